The van der Waals surface area contributed by atoms with E-state index in [4.69, 9.17) is 4.74 Å². The van der Waals surface area contributed by atoms with E-state index in [0.29, 0.717) is 18.5 Å². The van der Waals surface area contributed by atoms with Gasteiger partial charge in [0, 0.05) is 12.1 Å². The summed E-state index contributed by atoms with van der Waals surface area (Å²) >= 11 is 0. The van der Waals surface area contributed by atoms with E-state index in [1.807, 2.05) is 36.4 Å². The Balaban J connectivity index is 1.81. The Labute approximate surface area is 139 Å². The molecule has 1 N–H and O–H groups in total. The number of nitrogens with one attached hydrogen (secondary N) is 1. The first-order chi connectivity index (χ1) is 11.7. The fourth-order valence-electron chi connectivity index (χ4n) is 3.56. The zero-order chi connectivity index (χ0) is 16.7. The number of para-hydroxylation sites is 1. The molecule has 0 spiro atoms. The molecular weight excluding hydrogens is 306 g/mol. The van der Waals surface area contributed by atoms with Crippen molar-refractivity contribution in [3.63, 3.8) is 0 Å². The molecule has 0 fully saturated rings. The average Bonchev–Trinajstić information content (AvgIpc) is 2.64. The highest BCUT2D eigenvalue weighted by Crippen LogP contribution is 2.44. The van der Waals surface area contributed by atoms with Crippen LogP contribution in [0.25, 0.3) is 0 Å². The lowest BCUT2D eigenvalue weighted by molar-refractivity contribution is 0.0925. The Hall–Kier alpha value is -2.89. The minimum absolute atomic E-state index is 0.129. The fourth-order valence-corrected chi connectivity index (χ4v) is 3.56. The van der Waals surface area contributed by atoms with E-state index in [-0.39, 0.29) is 12.1 Å². The van der Waals surface area contributed by atoms with Crippen LogP contribution in [0.1, 0.15) is 40.1 Å². The number of hydrogen-bond acceptors (Lipinski definition) is 5. The van der Waals surface area contributed by atoms with Crippen molar-refractivity contribution in [3.8, 4) is 5.75 Å². The number of nitroso groups, excluding NO2 is 1. The van der Waals surface area contributed by atoms with E-state index < -0.39 is 6.04 Å². The highest BCUT2D eigenvalue weighted by molar-refractivity contribution is 6.03. The van der Waals surface area contributed by atoms with Gasteiger partial charge < -0.3 is 15.0 Å². The molecule has 1 amide bonds. The first-order valence-electron chi connectivity index (χ1n) is 7.89. The first kappa shape index (κ1) is 14.7. The molecule has 4 rings (SSSR count). The van der Waals surface area contributed by atoms with E-state index in [0.717, 1.165) is 22.6 Å². The Kier molecular flexibility index (Phi) is 3.45. The van der Waals surface area contributed by atoms with Crippen LogP contribution in [0.15, 0.2) is 47.6 Å². The van der Waals surface area contributed by atoms with Crippen LogP contribution in [0.3, 0.4) is 0 Å². The number of rotatable bonds is 3. The van der Waals surface area contributed by atoms with Crippen LogP contribution in [0.5, 0.6) is 5.75 Å². The molecule has 0 aliphatic carbocycles. The Morgan fingerprint density at radius 1 is 1.21 bits per heavy atom. The van der Waals surface area contributed by atoms with Crippen LogP contribution in [0.4, 0.5) is 5.69 Å². The molecule has 2 heterocycles. The summed E-state index contributed by atoms with van der Waals surface area (Å²) < 4.78 is 5.20. The Bertz CT molecular complexity index is 804. The number of benzene rings is 2. The van der Waals surface area contributed by atoms with Gasteiger partial charge in [-0.3, -0.25) is 4.79 Å². The first-order valence-corrected chi connectivity index (χ1v) is 7.89. The zero-order valence-electron chi connectivity index (χ0n) is 13.2. The molecule has 24 heavy (non-hydrogen) atoms. The molecular formula is C18H17N3O3. The van der Waals surface area contributed by atoms with Gasteiger partial charge in [0.15, 0.2) is 0 Å². The molecule has 2 unspecified atom stereocenters. The molecule has 2 aliphatic heterocycles. The number of amides is 1. The predicted molar refractivity (Wildman–Crippen MR) is 90.1 cm³/mol. The summed E-state index contributed by atoms with van der Waals surface area (Å²) in [6.45, 7) is 0.664. The maximum absolute atomic E-state index is 12.6. The van der Waals surface area contributed by atoms with E-state index in [1.165, 1.54) is 0 Å². The van der Waals surface area contributed by atoms with Crippen LogP contribution in [-0.2, 0) is 0 Å². The summed E-state index contributed by atoms with van der Waals surface area (Å²) in [5, 5.41) is 6.30. The lowest BCUT2D eigenvalue weighted by Crippen LogP contribution is -2.49. The molecule has 2 aliphatic rings. The lowest BCUT2D eigenvalue weighted by atomic mass is 9.90. The van der Waals surface area contributed by atoms with Crippen LogP contribution < -0.4 is 15.0 Å². The third-order valence-corrected chi connectivity index (χ3v) is 4.74. The number of nitrogens with zero attached hydrogens (tertiary/aromatic N) is 2. The van der Waals surface area contributed by atoms with Gasteiger partial charge in [-0.25, -0.2) is 0 Å². The second-order valence-electron chi connectivity index (χ2n) is 6.00. The van der Waals surface area contributed by atoms with Crippen molar-refractivity contribution in [1.82, 2.24) is 5.32 Å². The number of anilines is 1. The van der Waals surface area contributed by atoms with Crippen LogP contribution in [0, 0.1) is 4.91 Å². The summed E-state index contributed by atoms with van der Waals surface area (Å²) in [5.41, 5.74) is 3.24. The maximum atomic E-state index is 12.6. The predicted octanol–water partition coefficient (Wildman–Crippen LogP) is 3.16. The van der Waals surface area contributed by atoms with Crippen molar-refractivity contribution < 1.29 is 9.53 Å². The number of ether oxygens (including phenoxy) is 1. The second kappa shape index (κ2) is 5.63. The minimum Gasteiger partial charge on any atom is -0.497 e. The zero-order valence-corrected chi connectivity index (χ0v) is 13.2. The van der Waals surface area contributed by atoms with E-state index >= 15 is 0 Å². The molecule has 0 radical (unpaired) electrons. The van der Waals surface area contributed by atoms with E-state index in [9.17, 15) is 9.70 Å². The lowest BCUT2D eigenvalue weighted by Gasteiger charge is -2.43. The van der Waals surface area contributed by atoms with Crippen molar-refractivity contribution in [3.05, 3.63) is 64.1 Å². The second-order valence-corrected chi connectivity index (χ2v) is 6.00. The summed E-state index contributed by atoms with van der Waals surface area (Å²) in [4.78, 5) is 25.9. The third-order valence-electron chi connectivity index (χ3n) is 4.74. The quantitative estimate of drug-likeness (QED) is 0.881. The maximum Gasteiger partial charge on any atom is 0.255 e. The summed E-state index contributed by atoms with van der Waals surface area (Å²) in [6.07, 6.45) is 0.382. The molecule has 0 saturated carbocycles. The van der Waals surface area contributed by atoms with Crippen molar-refractivity contribution in [2.75, 3.05) is 18.6 Å². The molecule has 0 saturated heterocycles. The fraction of sp³-hybridized carbons (Fsp3) is 0.278. The van der Waals surface area contributed by atoms with E-state index in [1.54, 1.807) is 13.2 Å². The summed E-state index contributed by atoms with van der Waals surface area (Å²) in [6, 6.07) is 12.7. The largest absolute Gasteiger partial charge is 0.497 e. The van der Waals surface area contributed by atoms with Crippen LogP contribution in [-0.4, -0.2) is 19.6 Å². The molecule has 2 aromatic rings. The normalized spacial score (nSPS) is 21.7. The van der Waals surface area contributed by atoms with Gasteiger partial charge in [-0.1, -0.05) is 29.4 Å². The van der Waals surface area contributed by atoms with Gasteiger partial charge in [0.1, 0.15) is 18.0 Å². The topological polar surface area (TPSA) is 71.0 Å². The van der Waals surface area contributed by atoms with Gasteiger partial charge in [0.25, 0.3) is 5.91 Å². The van der Waals surface area contributed by atoms with Gasteiger partial charge in [0.2, 0.25) is 0 Å². The van der Waals surface area contributed by atoms with Crippen molar-refractivity contribution in [2.45, 2.75) is 18.6 Å². The molecule has 6 heteroatoms. The molecule has 2 atom stereocenters. The number of carbonyl (C=O) groups is 1. The van der Waals surface area contributed by atoms with Crippen molar-refractivity contribution in [2.24, 2.45) is 5.18 Å². The molecule has 0 aromatic heterocycles. The highest BCUT2D eigenvalue weighted by atomic mass is 16.5. The van der Waals surface area contributed by atoms with Gasteiger partial charge in [0.05, 0.1) is 18.4 Å². The average molecular weight is 323 g/mol. The molecule has 2 aromatic carbocycles. The summed E-state index contributed by atoms with van der Waals surface area (Å²) in [7, 11) is 1.62. The van der Waals surface area contributed by atoms with Gasteiger partial charge in [-0.05, 0) is 30.2 Å². The number of methoxy groups -OCH3 is 1. The smallest absolute Gasteiger partial charge is 0.255 e. The monoisotopic (exact) mass is 323 g/mol. The van der Waals surface area contributed by atoms with Gasteiger partial charge in [-0.15, -0.1) is 0 Å². The van der Waals surface area contributed by atoms with E-state index in [2.05, 4.69) is 15.4 Å². The van der Waals surface area contributed by atoms with Crippen LogP contribution in [0.2, 0.25) is 0 Å². The third kappa shape index (κ3) is 2.14. The van der Waals surface area contributed by atoms with Crippen molar-refractivity contribution >= 4 is 11.6 Å². The van der Waals surface area contributed by atoms with Gasteiger partial charge >= 0.3 is 0 Å². The number of carbonyl (C=O) groups excluding carboxylic acids is 1. The SMILES string of the molecule is COc1ccc(C2NC(=O)c3cccc4c3N2CCC4N=O)cc1. The molecule has 0 bridgehead atoms. The van der Waals surface area contributed by atoms with Gasteiger partial charge in [-0.2, -0.15) is 4.91 Å². The molecule has 6 nitrogen and oxygen atoms in total. The highest BCUT2D eigenvalue weighted by Gasteiger charge is 2.38. The summed E-state index contributed by atoms with van der Waals surface area (Å²) in [5.74, 6) is 0.640. The Morgan fingerprint density at radius 2 is 2.00 bits per heavy atom. The van der Waals surface area contributed by atoms with Crippen LogP contribution >= 0.6 is 0 Å². The minimum atomic E-state index is -0.390. The molecule has 122 valence electrons. The van der Waals surface area contributed by atoms with Crippen molar-refractivity contribution in [1.29, 1.82) is 0 Å². The standard InChI is InChI=1S/C18H17N3O3/c1-24-12-7-5-11(6-8-12)17-19-18(22)14-4-2-3-13-15(20-23)9-10-21(17)16(13)14/h2-8,15,17H,9-10H2,1H3,(H,19,22). The Morgan fingerprint density at radius 3 is 2.71 bits per heavy atom. The number of hydrogen-bond donors (Lipinski definition) is 1.